The molecule has 20 heavy (non-hydrogen) atoms. The second-order valence-corrected chi connectivity index (χ2v) is 5.27. The molecule has 0 unspecified atom stereocenters. The molecule has 0 aliphatic carbocycles. The molecule has 110 valence electrons. The number of methoxy groups -OCH3 is 1. The smallest absolute Gasteiger partial charge is 0.143 e. The van der Waals surface area contributed by atoms with Crippen LogP contribution in [-0.2, 0) is 6.42 Å². The molecular formula is C17H26N2O. The second kappa shape index (κ2) is 7.34. The van der Waals surface area contributed by atoms with Gasteiger partial charge in [0, 0.05) is 18.9 Å². The van der Waals surface area contributed by atoms with Gasteiger partial charge in [-0.2, -0.15) is 0 Å². The van der Waals surface area contributed by atoms with Crippen molar-refractivity contribution in [2.45, 2.75) is 33.1 Å². The SMILES string of the molecule is CCCN(CCC)CCc1ccn2cccc(OC)c12. The summed E-state index contributed by atoms with van der Waals surface area (Å²) < 4.78 is 7.64. The van der Waals surface area contributed by atoms with E-state index in [2.05, 4.69) is 41.6 Å². The predicted octanol–water partition coefficient (Wildman–Crippen LogP) is 3.61. The van der Waals surface area contributed by atoms with Crippen LogP contribution < -0.4 is 4.74 Å². The lowest BCUT2D eigenvalue weighted by Gasteiger charge is -2.20. The Labute approximate surface area is 122 Å². The van der Waals surface area contributed by atoms with Crippen molar-refractivity contribution in [3.8, 4) is 5.75 Å². The third-order valence-corrected chi connectivity index (χ3v) is 3.72. The van der Waals surface area contributed by atoms with Crippen molar-refractivity contribution >= 4 is 5.52 Å². The van der Waals surface area contributed by atoms with Crippen LogP contribution in [0.15, 0.2) is 30.6 Å². The molecule has 0 saturated heterocycles. The van der Waals surface area contributed by atoms with Gasteiger partial charge in [-0.05, 0) is 56.1 Å². The fraction of sp³-hybridized carbons (Fsp3) is 0.529. The molecule has 3 nitrogen and oxygen atoms in total. The van der Waals surface area contributed by atoms with Crippen LogP contribution in [0.5, 0.6) is 5.75 Å². The Hall–Kier alpha value is -1.48. The van der Waals surface area contributed by atoms with Crippen LogP contribution in [-0.4, -0.2) is 36.0 Å². The van der Waals surface area contributed by atoms with Crippen molar-refractivity contribution < 1.29 is 4.74 Å². The van der Waals surface area contributed by atoms with Gasteiger partial charge in [0.1, 0.15) is 5.75 Å². The zero-order valence-corrected chi connectivity index (χ0v) is 12.9. The van der Waals surface area contributed by atoms with E-state index >= 15 is 0 Å². The highest BCUT2D eigenvalue weighted by Gasteiger charge is 2.10. The van der Waals surface area contributed by atoms with Gasteiger partial charge in [-0.15, -0.1) is 0 Å². The first-order chi connectivity index (χ1) is 9.80. The van der Waals surface area contributed by atoms with Crippen molar-refractivity contribution in [2.75, 3.05) is 26.7 Å². The van der Waals surface area contributed by atoms with Crippen LogP contribution in [0, 0.1) is 0 Å². The van der Waals surface area contributed by atoms with Gasteiger partial charge < -0.3 is 14.0 Å². The Morgan fingerprint density at radius 2 is 1.80 bits per heavy atom. The Morgan fingerprint density at radius 3 is 2.45 bits per heavy atom. The Bertz CT molecular complexity index is 527. The van der Waals surface area contributed by atoms with Gasteiger partial charge in [0.2, 0.25) is 0 Å². The first kappa shape index (κ1) is 14.9. The summed E-state index contributed by atoms with van der Waals surface area (Å²) in [5.41, 5.74) is 2.59. The highest BCUT2D eigenvalue weighted by molar-refractivity contribution is 5.66. The summed E-state index contributed by atoms with van der Waals surface area (Å²) in [6.07, 6.45) is 7.73. The van der Waals surface area contributed by atoms with Crippen LogP contribution in [0.25, 0.3) is 5.52 Å². The largest absolute Gasteiger partial charge is 0.495 e. The van der Waals surface area contributed by atoms with Crippen molar-refractivity contribution in [3.63, 3.8) is 0 Å². The van der Waals surface area contributed by atoms with E-state index in [0.717, 1.165) is 18.7 Å². The molecule has 0 bridgehead atoms. The monoisotopic (exact) mass is 274 g/mol. The number of ether oxygens (including phenoxy) is 1. The third kappa shape index (κ3) is 3.34. The molecule has 3 heteroatoms. The number of rotatable bonds is 8. The van der Waals surface area contributed by atoms with E-state index < -0.39 is 0 Å². The average molecular weight is 274 g/mol. The number of pyridine rings is 1. The molecule has 0 atom stereocenters. The Morgan fingerprint density at radius 1 is 1.05 bits per heavy atom. The van der Waals surface area contributed by atoms with Crippen LogP contribution in [0.1, 0.15) is 32.3 Å². The second-order valence-electron chi connectivity index (χ2n) is 5.27. The summed E-state index contributed by atoms with van der Waals surface area (Å²) in [5, 5.41) is 0. The zero-order valence-electron chi connectivity index (χ0n) is 12.9. The Balaban J connectivity index is 2.13. The van der Waals surface area contributed by atoms with E-state index in [1.54, 1.807) is 7.11 Å². The molecule has 0 aromatic carbocycles. The molecule has 0 radical (unpaired) electrons. The van der Waals surface area contributed by atoms with Crippen LogP contribution in [0.2, 0.25) is 0 Å². The first-order valence-electron chi connectivity index (χ1n) is 7.65. The van der Waals surface area contributed by atoms with Gasteiger partial charge in [-0.3, -0.25) is 0 Å². The van der Waals surface area contributed by atoms with Gasteiger partial charge >= 0.3 is 0 Å². The third-order valence-electron chi connectivity index (χ3n) is 3.72. The lowest BCUT2D eigenvalue weighted by Crippen LogP contribution is -2.27. The van der Waals surface area contributed by atoms with E-state index in [-0.39, 0.29) is 0 Å². The topological polar surface area (TPSA) is 16.9 Å². The lowest BCUT2D eigenvalue weighted by atomic mass is 10.1. The highest BCUT2D eigenvalue weighted by atomic mass is 16.5. The molecule has 0 aliphatic heterocycles. The van der Waals surface area contributed by atoms with Crippen molar-refractivity contribution in [2.24, 2.45) is 0 Å². The molecule has 2 aromatic heterocycles. The number of hydrogen-bond donors (Lipinski definition) is 0. The fourth-order valence-electron chi connectivity index (χ4n) is 2.81. The maximum atomic E-state index is 5.49. The summed E-state index contributed by atoms with van der Waals surface area (Å²) in [4.78, 5) is 2.55. The zero-order chi connectivity index (χ0) is 14.4. The van der Waals surface area contributed by atoms with E-state index in [1.807, 2.05) is 12.1 Å². The van der Waals surface area contributed by atoms with Crippen LogP contribution >= 0.6 is 0 Å². The predicted molar refractivity (Wildman–Crippen MR) is 84.7 cm³/mol. The summed E-state index contributed by atoms with van der Waals surface area (Å²) >= 11 is 0. The van der Waals surface area contributed by atoms with Gasteiger partial charge in [0.05, 0.1) is 12.6 Å². The standard InChI is InChI=1S/C17H26N2O/c1-4-10-18(11-5-2)13-8-15-9-14-19-12-6-7-16(20-3)17(15)19/h6-7,9,12,14H,4-5,8,10-11,13H2,1-3H3. The minimum Gasteiger partial charge on any atom is -0.495 e. The number of fused-ring (bicyclic) bond motifs is 1. The molecule has 0 spiro atoms. The quantitative estimate of drug-likeness (QED) is 0.731. The molecule has 0 amide bonds. The summed E-state index contributed by atoms with van der Waals surface area (Å²) in [6, 6.07) is 6.28. The minimum absolute atomic E-state index is 0.963. The van der Waals surface area contributed by atoms with E-state index in [4.69, 9.17) is 4.74 Å². The first-order valence-corrected chi connectivity index (χ1v) is 7.65. The van der Waals surface area contributed by atoms with E-state index in [1.165, 1.54) is 37.0 Å². The molecule has 0 saturated carbocycles. The van der Waals surface area contributed by atoms with Gasteiger partial charge in [-0.25, -0.2) is 0 Å². The van der Waals surface area contributed by atoms with E-state index in [9.17, 15) is 0 Å². The van der Waals surface area contributed by atoms with Crippen molar-refractivity contribution in [1.29, 1.82) is 0 Å². The molecule has 0 fully saturated rings. The summed E-state index contributed by atoms with van der Waals surface area (Å²) in [5.74, 6) is 0.963. The molecule has 0 N–H and O–H groups in total. The average Bonchev–Trinajstić information content (AvgIpc) is 2.88. The van der Waals surface area contributed by atoms with Gasteiger partial charge in [-0.1, -0.05) is 13.8 Å². The van der Waals surface area contributed by atoms with Gasteiger partial charge in [0.25, 0.3) is 0 Å². The lowest BCUT2D eigenvalue weighted by molar-refractivity contribution is 0.278. The maximum absolute atomic E-state index is 5.49. The normalized spacial score (nSPS) is 11.4. The summed E-state index contributed by atoms with van der Waals surface area (Å²) in [6.45, 7) is 8.01. The number of nitrogens with zero attached hydrogens (tertiary/aromatic N) is 2. The van der Waals surface area contributed by atoms with E-state index in [0.29, 0.717) is 0 Å². The molecule has 2 aromatic rings. The minimum atomic E-state index is 0.963. The molecule has 2 heterocycles. The molecule has 0 aliphatic rings. The van der Waals surface area contributed by atoms with Crippen LogP contribution in [0.4, 0.5) is 0 Å². The number of hydrogen-bond acceptors (Lipinski definition) is 2. The highest BCUT2D eigenvalue weighted by Crippen LogP contribution is 2.24. The summed E-state index contributed by atoms with van der Waals surface area (Å²) in [7, 11) is 1.74. The van der Waals surface area contributed by atoms with Crippen molar-refractivity contribution in [3.05, 3.63) is 36.2 Å². The molecule has 2 rings (SSSR count). The van der Waals surface area contributed by atoms with Gasteiger partial charge in [0.15, 0.2) is 0 Å². The fourth-order valence-corrected chi connectivity index (χ4v) is 2.81. The molecular weight excluding hydrogens is 248 g/mol. The van der Waals surface area contributed by atoms with Crippen LogP contribution in [0.3, 0.4) is 0 Å². The number of aromatic nitrogens is 1. The maximum Gasteiger partial charge on any atom is 0.143 e. The Kier molecular flexibility index (Phi) is 5.48. The van der Waals surface area contributed by atoms with Crippen molar-refractivity contribution in [1.82, 2.24) is 9.30 Å².